The van der Waals surface area contributed by atoms with Crippen LogP contribution in [0.3, 0.4) is 0 Å². The van der Waals surface area contributed by atoms with Gasteiger partial charge in [0.05, 0.1) is 5.41 Å². The second-order valence-corrected chi connectivity index (χ2v) is 5.62. The molecule has 22 heavy (non-hydrogen) atoms. The lowest BCUT2D eigenvalue weighted by molar-refractivity contribution is -0.124. The third-order valence-electron chi connectivity index (χ3n) is 4.36. The van der Waals surface area contributed by atoms with Gasteiger partial charge in [-0.2, -0.15) is 0 Å². The molecular formula is C16H17BN4O. The van der Waals surface area contributed by atoms with Gasteiger partial charge < -0.3 is 10.6 Å². The number of anilines is 1. The van der Waals surface area contributed by atoms with Crippen molar-refractivity contribution in [3.63, 3.8) is 0 Å². The minimum Gasteiger partial charge on any atom is -0.369 e. The van der Waals surface area contributed by atoms with Crippen molar-refractivity contribution in [1.82, 2.24) is 9.97 Å². The topological polar surface area (TPSA) is 72.1 Å². The number of piperidine rings is 1. The van der Waals surface area contributed by atoms with E-state index in [-0.39, 0.29) is 5.91 Å². The summed E-state index contributed by atoms with van der Waals surface area (Å²) in [6.45, 7) is 1.36. The molecule has 2 aromatic rings. The first-order valence-corrected chi connectivity index (χ1v) is 7.30. The van der Waals surface area contributed by atoms with E-state index in [2.05, 4.69) is 14.9 Å². The number of benzene rings is 1. The van der Waals surface area contributed by atoms with Gasteiger partial charge in [0, 0.05) is 25.5 Å². The van der Waals surface area contributed by atoms with Crippen LogP contribution in [0.5, 0.6) is 0 Å². The van der Waals surface area contributed by atoms with Crippen molar-refractivity contribution in [1.29, 1.82) is 0 Å². The molecule has 0 atom stereocenters. The van der Waals surface area contributed by atoms with E-state index in [1.165, 1.54) is 0 Å². The predicted octanol–water partition coefficient (Wildman–Crippen LogP) is 0.294. The lowest BCUT2D eigenvalue weighted by Crippen LogP contribution is -2.50. The van der Waals surface area contributed by atoms with E-state index in [1.807, 2.05) is 30.3 Å². The zero-order valence-corrected chi connectivity index (χ0v) is 12.3. The molecule has 6 heteroatoms. The van der Waals surface area contributed by atoms with Gasteiger partial charge in [-0.15, -0.1) is 0 Å². The van der Waals surface area contributed by atoms with Gasteiger partial charge in [-0.05, 0) is 18.4 Å². The summed E-state index contributed by atoms with van der Waals surface area (Å²) in [5.74, 6) is 0.372. The highest BCUT2D eigenvalue weighted by Crippen LogP contribution is 2.35. The number of carbonyl (C=O) groups is 1. The maximum atomic E-state index is 12.1. The van der Waals surface area contributed by atoms with E-state index in [9.17, 15) is 4.79 Å². The molecule has 1 aromatic carbocycles. The van der Waals surface area contributed by atoms with Crippen LogP contribution in [0.4, 0.5) is 5.95 Å². The van der Waals surface area contributed by atoms with E-state index >= 15 is 0 Å². The molecule has 1 saturated heterocycles. The van der Waals surface area contributed by atoms with Gasteiger partial charge in [0.2, 0.25) is 11.9 Å². The van der Waals surface area contributed by atoms with Crippen molar-refractivity contribution in [2.75, 3.05) is 18.0 Å². The molecule has 0 unspecified atom stereocenters. The zero-order chi connectivity index (χ0) is 15.6. The first-order chi connectivity index (χ1) is 10.6. The molecule has 0 bridgehead atoms. The van der Waals surface area contributed by atoms with Crippen molar-refractivity contribution in [2.45, 2.75) is 18.3 Å². The Balaban J connectivity index is 1.81. The molecule has 5 nitrogen and oxygen atoms in total. The Hall–Kier alpha value is -2.37. The zero-order valence-electron chi connectivity index (χ0n) is 12.3. The minimum absolute atomic E-state index is 0.267. The summed E-state index contributed by atoms with van der Waals surface area (Å²) < 4.78 is 0. The van der Waals surface area contributed by atoms with Crippen molar-refractivity contribution in [3.8, 4) is 0 Å². The van der Waals surface area contributed by atoms with Crippen LogP contribution in [-0.2, 0) is 10.2 Å². The van der Waals surface area contributed by atoms with Crippen molar-refractivity contribution < 1.29 is 4.79 Å². The van der Waals surface area contributed by atoms with Gasteiger partial charge in [-0.25, -0.2) is 9.97 Å². The van der Waals surface area contributed by atoms with Crippen LogP contribution in [0.25, 0.3) is 0 Å². The molecule has 0 aliphatic carbocycles. The molecule has 0 saturated carbocycles. The number of rotatable bonds is 3. The molecule has 1 amide bonds. The fraction of sp³-hybridized carbons (Fsp3) is 0.312. The number of hydrogen-bond acceptors (Lipinski definition) is 4. The van der Waals surface area contributed by atoms with Crippen LogP contribution in [0.15, 0.2) is 42.7 Å². The van der Waals surface area contributed by atoms with Gasteiger partial charge in [0.25, 0.3) is 0 Å². The Morgan fingerprint density at radius 1 is 1.14 bits per heavy atom. The van der Waals surface area contributed by atoms with Crippen LogP contribution >= 0.6 is 0 Å². The summed E-state index contributed by atoms with van der Waals surface area (Å²) in [6, 6.07) is 9.76. The quantitative estimate of drug-likeness (QED) is 0.826. The number of nitrogens with two attached hydrogens (primary N) is 1. The number of primary amides is 1. The van der Waals surface area contributed by atoms with Gasteiger partial charge in [-0.1, -0.05) is 35.8 Å². The van der Waals surface area contributed by atoms with Crippen LogP contribution in [0.1, 0.15) is 18.4 Å². The summed E-state index contributed by atoms with van der Waals surface area (Å²) >= 11 is 0. The highest BCUT2D eigenvalue weighted by molar-refractivity contribution is 6.31. The molecule has 1 aliphatic heterocycles. The lowest BCUT2D eigenvalue weighted by Gasteiger charge is -2.40. The van der Waals surface area contributed by atoms with Crippen LogP contribution in [0.2, 0.25) is 0 Å². The molecule has 2 N–H and O–H groups in total. The molecule has 1 aliphatic rings. The third kappa shape index (κ3) is 2.56. The molecule has 1 aromatic heterocycles. The maximum absolute atomic E-state index is 12.1. The standard InChI is InChI=1S/C16H17BN4O/c17-13-10-19-15(20-11-13)21-8-6-16(7-9-21,14(18)22)12-4-2-1-3-5-12/h1-5,10-11H,6-9H2,(H2,18,22). The Morgan fingerprint density at radius 3 is 2.27 bits per heavy atom. The summed E-state index contributed by atoms with van der Waals surface area (Å²) in [5, 5.41) is 0. The normalized spacial score (nSPS) is 17.2. The fourth-order valence-corrected chi connectivity index (χ4v) is 3.02. The second kappa shape index (κ2) is 5.79. The molecule has 2 heterocycles. The van der Waals surface area contributed by atoms with Crippen LogP contribution in [0, 0.1) is 0 Å². The van der Waals surface area contributed by atoms with E-state index in [4.69, 9.17) is 13.6 Å². The van der Waals surface area contributed by atoms with E-state index in [0.717, 1.165) is 5.56 Å². The summed E-state index contributed by atoms with van der Waals surface area (Å²) in [6.07, 6.45) is 4.49. The molecule has 2 radical (unpaired) electrons. The van der Waals surface area contributed by atoms with E-state index in [0.29, 0.717) is 37.3 Å². The summed E-state index contributed by atoms with van der Waals surface area (Å²) in [4.78, 5) is 22.7. The highest BCUT2D eigenvalue weighted by Gasteiger charge is 2.41. The molecule has 110 valence electrons. The molecule has 3 rings (SSSR count). The van der Waals surface area contributed by atoms with Crippen molar-refractivity contribution in [3.05, 3.63) is 48.3 Å². The molecule has 0 spiro atoms. The molecule has 1 fully saturated rings. The first-order valence-electron chi connectivity index (χ1n) is 7.30. The largest absolute Gasteiger partial charge is 0.369 e. The summed E-state index contributed by atoms with van der Waals surface area (Å²) in [7, 11) is 5.61. The van der Waals surface area contributed by atoms with Gasteiger partial charge >= 0.3 is 0 Å². The number of nitrogens with zero attached hydrogens (tertiary/aromatic N) is 3. The Kier molecular flexibility index (Phi) is 3.83. The first kappa shape index (κ1) is 14.6. The number of amides is 1. The second-order valence-electron chi connectivity index (χ2n) is 5.62. The Bertz CT molecular complexity index is 652. The fourth-order valence-electron chi connectivity index (χ4n) is 3.02. The van der Waals surface area contributed by atoms with E-state index < -0.39 is 5.41 Å². The Labute approximate surface area is 131 Å². The number of carbonyl (C=O) groups excluding carboxylic acids is 1. The van der Waals surface area contributed by atoms with Crippen molar-refractivity contribution >= 4 is 25.2 Å². The third-order valence-corrected chi connectivity index (χ3v) is 4.36. The average molecular weight is 292 g/mol. The monoisotopic (exact) mass is 292 g/mol. The number of aromatic nitrogens is 2. The predicted molar refractivity (Wildman–Crippen MR) is 86.2 cm³/mol. The minimum atomic E-state index is -0.606. The molecular weight excluding hydrogens is 275 g/mol. The number of hydrogen-bond donors (Lipinski definition) is 1. The smallest absolute Gasteiger partial charge is 0.228 e. The van der Waals surface area contributed by atoms with Gasteiger partial charge in [0.15, 0.2) is 0 Å². The lowest BCUT2D eigenvalue weighted by atomic mass is 9.72. The maximum Gasteiger partial charge on any atom is 0.228 e. The SMILES string of the molecule is [B]c1cnc(N2CCC(C(N)=O)(c3ccccc3)CC2)nc1. The summed E-state index contributed by atoms with van der Waals surface area (Å²) in [5.41, 5.74) is 6.65. The van der Waals surface area contributed by atoms with Crippen molar-refractivity contribution in [2.24, 2.45) is 5.73 Å². The average Bonchev–Trinajstić information content (AvgIpc) is 2.56. The van der Waals surface area contributed by atoms with Gasteiger partial charge in [-0.3, -0.25) is 4.79 Å². The van der Waals surface area contributed by atoms with Crippen LogP contribution in [-0.4, -0.2) is 36.8 Å². The Morgan fingerprint density at radius 2 is 1.73 bits per heavy atom. The van der Waals surface area contributed by atoms with Crippen LogP contribution < -0.4 is 16.1 Å². The highest BCUT2D eigenvalue weighted by atomic mass is 16.1. The van der Waals surface area contributed by atoms with E-state index in [1.54, 1.807) is 12.4 Å². The van der Waals surface area contributed by atoms with Gasteiger partial charge in [0.1, 0.15) is 7.85 Å².